The second-order valence-electron chi connectivity index (χ2n) is 8.78. The van der Waals surface area contributed by atoms with E-state index in [9.17, 15) is 9.18 Å². The molecule has 0 saturated carbocycles. The summed E-state index contributed by atoms with van der Waals surface area (Å²) in [6.45, 7) is 4.80. The first kappa shape index (κ1) is 19.0. The molecule has 0 aromatic heterocycles. The molecule has 5 rings (SSSR count). The van der Waals surface area contributed by atoms with Crippen molar-refractivity contribution in [1.29, 1.82) is 0 Å². The number of carboxylic acid groups (broad SMARTS) is 1. The molecule has 1 amide bonds. The Kier molecular flexibility index (Phi) is 4.84. The minimum Gasteiger partial charge on any atom is -0.465 e. The van der Waals surface area contributed by atoms with Gasteiger partial charge in [0.05, 0.1) is 32.9 Å². The number of amides is 1. The number of rotatable bonds is 3. The fraction of sp³-hybridized carbons (Fsp3) is 0.591. The zero-order chi connectivity index (χ0) is 20.0. The maximum Gasteiger partial charge on any atom is 0.407 e. The van der Waals surface area contributed by atoms with Crippen LogP contribution in [0.25, 0.3) is 5.57 Å². The van der Waals surface area contributed by atoms with Crippen molar-refractivity contribution in [2.24, 2.45) is 0 Å². The molecule has 7 heteroatoms. The first-order valence-corrected chi connectivity index (χ1v) is 10.5. The molecule has 1 spiro atoms. The van der Waals surface area contributed by atoms with E-state index in [0.717, 1.165) is 43.5 Å². The van der Waals surface area contributed by atoms with E-state index in [1.807, 2.05) is 6.07 Å². The highest BCUT2D eigenvalue weighted by molar-refractivity contribution is 5.71. The molecule has 0 bridgehead atoms. The van der Waals surface area contributed by atoms with Crippen LogP contribution in [-0.2, 0) is 9.47 Å². The second-order valence-corrected chi connectivity index (χ2v) is 8.78. The van der Waals surface area contributed by atoms with Gasteiger partial charge >= 0.3 is 6.09 Å². The quantitative estimate of drug-likeness (QED) is 0.842. The van der Waals surface area contributed by atoms with Crippen LogP contribution in [0.2, 0.25) is 0 Å². The number of benzene rings is 1. The van der Waals surface area contributed by atoms with E-state index >= 15 is 0 Å². The number of piperidine rings is 1. The highest BCUT2D eigenvalue weighted by Crippen LogP contribution is 2.40. The zero-order valence-electron chi connectivity index (χ0n) is 16.5. The first-order valence-electron chi connectivity index (χ1n) is 10.5. The third-order valence-corrected chi connectivity index (χ3v) is 6.97. The molecule has 1 aromatic carbocycles. The summed E-state index contributed by atoms with van der Waals surface area (Å²) in [4.78, 5) is 14.9. The molecule has 1 unspecified atom stereocenters. The van der Waals surface area contributed by atoms with Crippen LogP contribution in [0.4, 0.5) is 9.18 Å². The van der Waals surface area contributed by atoms with Crippen molar-refractivity contribution in [1.82, 2.24) is 9.80 Å². The largest absolute Gasteiger partial charge is 0.465 e. The van der Waals surface area contributed by atoms with E-state index in [1.165, 1.54) is 10.5 Å². The van der Waals surface area contributed by atoms with Crippen LogP contribution in [0, 0.1) is 5.82 Å². The van der Waals surface area contributed by atoms with Gasteiger partial charge in [-0.25, -0.2) is 9.18 Å². The number of likely N-dealkylation sites (tertiary alicyclic amines) is 2. The van der Waals surface area contributed by atoms with Crippen LogP contribution in [-0.4, -0.2) is 78.6 Å². The molecule has 3 fully saturated rings. The van der Waals surface area contributed by atoms with Gasteiger partial charge in [-0.1, -0.05) is 12.1 Å². The Morgan fingerprint density at radius 3 is 2.72 bits per heavy atom. The molecule has 4 aliphatic heterocycles. The smallest absolute Gasteiger partial charge is 0.407 e. The average molecular weight is 402 g/mol. The van der Waals surface area contributed by atoms with Gasteiger partial charge in [0.15, 0.2) is 0 Å². The van der Waals surface area contributed by atoms with Gasteiger partial charge in [0, 0.05) is 6.04 Å². The number of carbonyl (C=O) groups is 1. The van der Waals surface area contributed by atoms with Gasteiger partial charge in [0.1, 0.15) is 11.4 Å². The highest BCUT2D eigenvalue weighted by atomic mass is 19.1. The Balaban J connectivity index is 1.22. The van der Waals surface area contributed by atoms with Crippen molar-refractivity contribution in [2.45, 2.75) is 36.8 Å². The third kappa shape index (κ3) is 3.56. The lowest BCUT2D eigenvalue weighted by molar-refractivity contribution is -0.0982. The summed E-state index contributed by atoms with van der Waals surface area (Å²) in [5.41, 5.74) is 3.14. The van der Waals surface area contributed by atoms with Gasteiger partial charge in [-0.15, -0.1) is 0 Å². The van der Waals surface area contributed by atoms with Crippen molar-refractivity contribution in [3.05, 3.63) is 41.2 Å². The fourth-order valence-corrected chi connectivity index (χ4v) is 5.37. The molecule has 1 N–H and O–H groups in total. The number of halogens is 1. The van der Waals surface area contributed by atoms with Crippen LogP contribution < -0.4 is 0 Å². The summed E-state index contributed by atoms with van der Waals surface area (Å²) >= 11 is 0. The van der Waals surface area contributed by atoms with Gasteiger partial charge in [-0.2, -0.15) is 0 Å². The molecule has 1 aromatic rings. The van der Waals surface area contributed by atoms with Crippen LogP contribution in [0.15, 0.2) is 24.3 Å². The molecule has 3 saturated heterocycles. The van der Waals surface area contributed by atoms with Crippen molar-refractivity contribution in [2.75, 3.05) is 46.0 Å². The van der Waals surface area contributed by atoms with E-state index in [-0.39, 0.29) is 11.4 Å². The third-order valence-electron chi connectivity index (χ3n) is 6.97. The number of hydrogen-bond donors (Lipinski definition) is 1. The van der Waals surface area contributed by atoms with Crippen LogP contribution in [0.3, 0.4) is 0 Å². The van der Waals surface area contributed by atoms with Gasteiger partial charge in [-0.05, 0) is 67.1 Å². The van der Waals surface area contributed by atoms with Crippen molar-refractivity contribution in [3.63, 3.8) is 0 Å². The molecule has 0 aliphatic carbocycles. The van der Waals surface area contributed by atoms with Crippen LogP contribution >= 0.6 is 0 Å². The molecular weight excluding hydrogens is 375 g/mol. The summed E-state index contributed by atoms with van der Waals surface area (Å²) in [5, 5.41) is 9.07. The average Bonchev–Trinajstić information content (AvgIpc) is 3.37. The Bertz CT molecular complexity index is 828. The van der Waals surface area contributed by atoms with Crippen LogP contribution in [0.5, 0.6) is 0 Å². The van der Waals surface area contributed by atoms with E-state index < -0.39 is 6.09 Å². The predicted octanol–water partition coefficient (Wildman–Crippen LogP) is 2.94. The SMILES string of the molecule is O=C(O)N1CC2(CC(N3CCC(c4cc(F)ccc4C4=CCOC4)CC3)CO2)C1. The van der Waals surface area contributed by atoms with Crippen LogP contribution in [0.1, 0.15) is 36.3 Å². The molecule has 1 atom stereocenters. The first-order chi connectivity index (χ1) is 14.0. The standard InChI is InChI=1S/C22H27FN2O4/c23-17-1-2-19(16-5-8-28-11-16)20(9-17)15-3-6-24(7-4-15)18-10-22(29-12-18)13-25(14-22)21(26)27/h1-2,5,9,15,18H,3-4,6-8,10-14H2,(H,26,27). The van der Waals surface area contributed by atoms with Crippen molar-refractivity contribution in [3.8, 4) is 0 Å². The molecule has 4 heterocycles. The predicted molar refractivity (Wildman–Crippen MR) is 105 cm³/mol. The van der Waals surface area contributed by atoms with E-state index in [1.54, 1.807) is 12.1 Å². The number of ether oxygens (including phenoxy) is 2. The number of hydrogen-bond acceptors (Lipinski definition) is 4. The van der Waals surface area contributed by atoms with Crippen molar-refractivity contribution < 1.29 is 23.8 Å². The molecule has 6 nitrogen and oxygen atoms in total. The fourth-order valence-electron chi connectivity index (χ4n) is 5.37. The normalized spacial score (nSPS) is 27.3. The van der Waals surface area contributed by atoms with Crippen molar-refractivity contribution >= 4 is 11.7 Å². The Hall–Kier alpha value is -1.96. The maximum absolute atomic E-state index is 14.0. The highest BCUT2D eigenvalue weighted by Gasteiger charge is 2.52. The van der Waals surface area contributed by atoms with Gasteiger partial charge < -0.3 is 19.5 Å². The lowest BCUT2D eigenvalue weighted by atomic mass is 9.83. The summed E-state index contributed by atoms with van der Waals surface area (Å²) < 4.78 is 25.5. The summed E-state index contributed by atoms with van der Waals surface area (Å²) in [7, 11) is 0. The van der Waals surface area contributed by atoms with Gasteiger partial charge in [-0.3, -0.25) is 4.90 Å². The Morgan fingerprint density at radius 1 is 1.24 bits per heavy atom. The minimum absolute atomic E-state index is 0.176. The van der Waals surface area contributed by atoms with E-state index in [4.69, 9.17) is 14.6 Å². The number of nitrogens with zero attached hydrogens (tertiary/aromatic N) is 2. The molecule has 0 radical (unpaired) electrons. The van der Waals surface area contributed by atoms with E-state index in [0.29, 0.717) is 44.9 Å². The van der Waals surface area contributed by atoms with Gasteiger partial charge in [0.25, 0.3) is 0 Å². The second kappa shape index (κ2) is 7.38. The Morgan fingerprint density at radius 2 is 2.03 bits per heavy atom. The van der Waals surface area contributed by atoms with Gasteiger partial charge in [0.2, 0.25) is 0 Å². The minimum atomic E-state index is -0.864. The summed E-state index contributed by atoms with van der Waals surface area (Å²) in [6, 6.07) is 5.50. The van der Waals surface area contributed by atoms with E-state index in [2.05, 4.69) is 11.0 Å². The molecule has 156 valence electrons. The lowest BCUT2D eigenvalue weighted by Gasteiger charge is -2.45. The summed E-state index contributed by atoms with van der Waals surface area (Å²) in [6.07, 6.45) is 4.12. The Labute approximate surface area is 169 Å². The topological polar surface area (TPSA) is 62.2 Å². The lowest BCUT2D eigenvalue weighted by Crippen LogP contribution is -2.63. The molecular formula is C22H27FN2O4. The molecule has 29 heavy (non-hydrogen) atoms. The zero-order valence-corrected chi connectivity index (χ0v) is 16.5. The summed E-state index contributed by atoms with van der Waals surface area (Å²) in [5.74, 6) is 0.172. The monoisotopic (exact) mass is 402 g/mol. The maximum atomic E-state index is 14.0. The molecule has 4 aliphatic rings.